The van der Waals surface area contributed by atoms with E-state index >= 15 is 0 Å². The molecule has 0 bridgehead atoms. The summed E-state index contributed by atoms with van der Waals surface area (Å²) in [4.78, 5) is 0. The molecule has 0 fully saturated rings. The highest BCUT2D eigenvalue weighted by molar-refractivity contribution is 6.32. The van der Waals surface area contributed by atoms with Gasteiger partial charge in [-0.2, -0.15) is 0 Å². The highest BCUT2D eigenvalue weighted by Gasteiger charge is 2.32. The molecule has 2 heteroatoms. The van der Waals surface area contributed by atoms with Crippen LogP contribution in [0.5, 0.6) is 5.75 Å². The van der Waals surface area contributed by atoms with Crippen LogP contribution in [-0.2, 0) is 11.8 Å². The Bertz CT molecular complexity index is 394. The van der Waals surface area contributed by atoms with Gasteiger partial charge in [-0.05, 0) is 42.4 Å². The van der Waals surface area contributed by atoms with Gasteiger partial charge in [0, 0.05) is 5.56 Å². The third-order valence-electron chi connectivity index (χ3n) is 3.31. The Hall–Kier alpha value is -0.690. The van der Waals surface area contributed by atoms with Gasteiger partial charge >= 0.3 is 0 Å². The first-order valence-corrected chi connectivity index (χ1v) is 5.33. The van der Waals surface area contributed by atoms with Crippen LogP contribution in [0, 0.1) is 6.92 Å². The van der Waals surface area contributed by atoms with Gasteiger partial charge in [0.2, 0.25) is 0 Å². The molecule has 0 spiro atoms. The number of hydrogen-bond acceptors (Lipinski definition) is 1. The van der Waals surface area contributed by atoms with E-state index in [2.05, 4.69) is 13.8 Å². The zero-order valence-electron chi connectivity index (χ0n) is 8.82. The third-order valence-corrected chi connectivity index (χ3v) is 3.83. The van der Waals surface area contributed by atoms with E-state index in [0.29, 0.717) is 5.75 Å². The molecule has 0 unspecified atom stereocenters. The Labute approximate surface area is 89.7 Å². The lowest BCUT2D eigenvalue weighted by atomic mass is 9.86. The van der Waals surface area contributed by atoms with Gasteiger partial charge < -0.3 is 5.11 Å². The van der Waals surface area contributed by atoms with E-state index in [0.717, 1.165) is 23.4 Å². The topological polar surface area (TPSA) is 20.2 Å². The van der Waals surface area contributed by atoms with Crippen LogP contribution in [0.3, 0.4) is 0 Å². The van der Waals surface area contributed by atoms with Crippen molar-refractivity contribution < 1.29 is 5.11 Å². The zero-order valence-corrected chi connectivity index (χ0v) is 9.57. The lowest BCUT2D eigenvalue weighted by Gasteiger charge is -2.19. The number of benzene rings is 1. The predicted octanol–water partition coefficient (Wildman–Crippen LogP) is 3.58. The van der Waals surface area contributed by atoms with Gasteiger partial charge in [0.25, 0.3) is 0 Å². The Kier molecular flexibility index (Phi) is 2.04. The van der Waals surface area contributed by atoms with Gasteiger partial charge in [0.15, 0.2) is 0 Å². The number of aromatic hydroxyl groups is 1. The second-order valence-electron chi connectivity index (χ2n) is 4.74. The van der Waals surface area contributed by atoms with E-state index in [1.807, 2.05) is 13.0 Å². The van der Waals surface area contributed by atoms with Crippen LogP contribution in [0.15, 0.2) is 6.07 Å². The fraction of sp³-hybridized carbons (Fsp3) is 0.500. The maximum atomic E-state index is 9.71. The number of phenols is 1. The summed E-state index contributed by atoms with van der Waals surface area (Å²) < 4.78 is 0. The molecule has 1 N–H and O–H groups in total. The second kappa shape index (κ2) is 2.90. The van der Waals surface area contributed by atoms with Crippen molar-refractivity contribution >= 4 is 11.6 Å². The van der Waals surface area contributed by atoms with E-state index in [9.17, 15) is 5.11 Å². The standard InChI is InChI=1S/C12H15ClO/c1-7-10(14)6-9-8(11(7)13)4-5-12(9,2)3/h6,14H,4-5H2,1-3H3. The quantitative estimate of drug-likeness (QED) is 0.694. The molecule has 1 aliphatic rings. The summed E-state index contributed by atoms with van der Waals surface area (Å²) in [7, 11) is 0. The fourth-order valence-electron chi connectivity index (χ4n) is 2.21. The minimum absolute atomic E-state index is 0.157. The summed E-state index contributed by atoms with van der Waals surface area (Å²) in [5.74, 6) is 0.323. The third kappa shape index (κ3) is 1.23. The predicted molar refractivity (Wildman–Crippen MR) is 59.2 cm³/mol. The molecule has 0 saturated heterocycles. The van der Waals surface area contributed by atoms with E-state index in [4.69, 9.17) is 11.6 Å². The highest BCUT2D eigenvalue weighted by atomic mass is 35.5. The minimum atomic E-state index is 0.157. The van der Waals surface area contributed by atoms with Crippen molar-refractivity contribution in [2.45, 2.75) is 39.0 Å². The smallest absolute Gasteiger partial charge is 0.120 e. The number of rotatable bonds is 0. The minimum Gasteiger partial charge on any atom is -0.508 e. The lowest BCUT2D eigenvalue weighted by Crippen LogP contribution is -2.11. The molecule has 0 heterocycles. The van der Waals surface area contributed by atoms with Crippen molar-refractivity contribution in [2.24, 2.45) is 0 Å². The molecular formula is C12H15ClO. The number of halogens is 1. The van der Waals surface area contributed by atoms with Crippen molar-refractivity contribution in [3.8, 4) is 5.75 Å². The maximum absolute atomic E-state index is 9.71. The first-order chi connectivity index (χ1) is 6.43. The summed E-state index contributed by atoms with van der Waals surface area (Å²) in [6, 6.07) is 1.88. The molecule has 2 rings (SSSR count). The molecule has 1 aliphatic carbocycles. The fourth-order valence-corrected chi connectivity index (χ4v) is 2.50. The largest absolute Gasteiger partial charge is 0.508 e. The highest BCUT2D eigenvalue weighted by Crippen LogP contribution is 2.44. The van der Waals surface area contributed by atoms with Gasteiger partial charge in [0.1, 0.15) is 5.75 Å². The maximum Gasteiger partial charge on any atom is 0.120 e. The van der Waals surface area contributed by atoms with Crippen LogP contribution in [0.25, 0.3) is 0 Å². The Balaban J connectivity index is 2.71. The summed E-state index contributed by atoms with van der Waals surface area (Å²) in [6.07, 6.45) is 2.15. The molecule has 1 aromatic rings. The van der Waals surface area contributed by atoms with E-state index in [-0.39, 0.29) is 5.41 Å². The van der Waals surface area contributed by atoms with Gasteiger partial charge in [-0.25, -0.2) is 0 Å². The first kappa shape index (κ1) is 9.85. The summed E-state index contributed by atoms with van der Waals surface area (Å²) >= 11 is 6.21. The SMILES string of the molecule is Cc1c(O)cc2c(c1Cl)CCC2(C)C. The average Bonchev–Trinajstić information content (AvgIpc) is 2.39. The number of hydrogen-bond donors (Lipinski definition) is 1. The number of fused-ring (bicyclic) bond motifs is 1. The molecule has 0 amide bonds. The molecule has 0 radical (unpaired) electrons. The van der Waals surface area contributed by atoms with Gasteiger partial charge in [-0.1, -0.05) is 25.4 Å². The zero-order chi connectivity index (χ0) is 10.5. The molecule has 76 valence electrons. The lowest BCUT2D eigenvalue weighted by molar-refractivity contribution is 0.465. The van der Waals surface area contributed by atoms with Gasteiger partial charge in [-0.15, -0.1) is 0 Å². The van der Waals surface area contributed by atoms with E-state index in [1.165, 1.54) is 11.1 Å². The van der Waals surface area contributed by atoms with Gasteiger partial charge in [-0.3, -0.25) is 0 Å². The number of phenolic OH excluding ortho intramolecular Hbond substituents is 1. The van der Waals surface area contributed by atoms with Crippen molar-refractivity contribution in [3.63, 3.8) is 0 Å². The molecule has 0 saturated carbocycles. The average molecular weight is 211 g/mol. The van der Waals surface area contributed by atoms with Crippen molar-refractivity contribution in [1.29, 1.82) is 0 Å². The van der Waals surface area contributed by atoms with Crippen LogP contribution in [0.4, 0.5) is 0 Å². The van der Waals surface area contributed by atoms with Crippen LogP contribution < -0.4 is 0 Å². The summed E-state index contributed by atoms with van der Waals surface area (Å²) in [5, 5.41) is 10.5. The monoisotopic (exact) mass is 210 g/mol. The molecule has 1 nitrogen and oxygen atoms in total. The second-order valence-corrected chi connectivity index (χ2v) is 5.12. The van der Waals surface area contributed by atoms with Crippen LogP contribution >= 0.6 is 11.6 Å². The summed E-state index contributed by atoms with van der Waals surface area (Å²) in [6.45, 7) is 6.26. The van der Waals surface area contributed by atoms with Crippen molar-refractivity contribution in [3.05, 3.63) is 27.8 Å². The van der Waals surface area contributed by atoms with Gasteiger partial charge in [0.05, 0.1) is 5.02 Å². The van der Waals surface area contributed by atoms with Crippen molar-refractivity contribution in [1.82, 2.24) is 0 Å². The van der Waals surface area contributed by atoms with Crippen LogP contribution in [-0.4, -0.2) is 5.11 Å². The first-order valence-electron chi connectivity index (χ1n) is 4.95. The molecule has 0 aromatic heterocycles. The Morgan fingerprint density at radius 2 is 2.07 bits per heavy atom. The van der Waals surface area contributed by atoms with E-state index in [1.54, 1.807) is 0 Å². The molecule has 14 heavy (non-hydrogen) atoms. The molecule has 1 aromatic carbocycles. The summed E-state index contributed by atoms with van der Waals surface area (Å²) in [5.41, 5.74) is 3.41. The van der Waals surface area contributed by atoms with E-state index < -0.39 is 0 Å². The Morgan fingerprint density at radius 3 is 2.71 bits per heavy atom. The van der Waals surface area contributed by atoms with Crippen LogP contribution in [0.1, 0.15) is 37.0 Å². The van der Waals surface area contributed by atoms with Crippen LogP contribution in [0.2, 0.25) is 5.02 Å². The Morgan fingerprint density at radius 1 is 1.43 bits per heavy atom. The molecular weight excluding hydrogens is 196 g/mol. The normalized spacial score (nSPS) is 18.3. The molecule has 0 aliphatic heterocycles. The van der Waals surface area contributed by atoms with Crippen molar-refractivity contribution in [2.75, 3.05) is 0 Å². The molecule has 0 atom stereocenters.